The lowest BCUT2D eigenvalue weighted by atomic mass is 10.2. The third-order valence-corrected chi connectivity index (χ3v) is 3.22. The molecule has 20 heavy (non-hydrogen) atoms. The van der Waals surface area contributed by atoms with Gasteiger partial charge in [0.15, 0.2) is 0 Å². The lowest BCUT2D eigenvalue weighted by molar-refractivity contribution is 0.620. The predicted octanol–water partition coefficient (Wildman–Crippen LogP) is 3.30. The van der Waals surface area contributed by atoms with Gasteiger partial charge in [0, 0.05) is 18.3 Å². The third kappa shape index (κ3) is 1.91. The number of hydrogen-bond donors (Lipinski definition) is 1. The molecule has 1 aromatic carbocycles. The number of anilines is 1. The molecule has 1 N–H and O–H groups in total. The van der Waals surface area contributed by atoms with Gasteiger partial charge in [0.05, 0.1) is 11.0 Å². The highest BCUT2D eigenvalue weighted by Crippen LogP contribution is 2.27. The zero-order valence-corrected chi connectivity index (χ0v) is 11.4. The first kappa shape index (κ1) is 12.6. The van der Waals surface area contributed by atoms with Crippen LogP contribution in [0.5, 0.6) is 0 Å². The number of nitrogens with one attached hydrogen (secondary N) is 1. The van der Waals surface area contributed by atoms with Gasteiger partial charge in [0.25, 0.3) is 0 Å². The molecule has 0 amide bonds. The van der Waals surface area contributed by atoms with Crippen molar-refractivity contribution in [1.82, 2.24) is 14.5 Å². The summed E-state index contributed by atoms with van der Waals surface area (Å²) in [6.45, 7) is 4.49. The van der Waals surface area contributed by atoms with Gasteiger partial charge in [-0.1, -0.05) is 6.07 Å². The van der Waals surface area contributed by atoms with Gasteiger partial charge in [-0.25, -0.2) is 14.4 Å². The fourth-order valence-corrected chi connectivity index (χ4v) is 2.29. The third-order valence-electron chi connectivity index (χ3n) is 3.22. The first-order valence-corrected chi connectivity index (χ1v) is 6.55. The number of halogens is 1. The zero-order chi connectivity index (χ0) is 14.1. The van der Waals surface area contributed by atoms with Crippen molar-refractivity contribution < 1.29 is 4.39 Å². The Morgan fingerprint density at radius 3 is 2.80 bits per heavy atom. The van der Waals surface area contributed by atoms with Crippen LogP contribution in [0.1, 0.15) is 12.5 Å². The number of pyridine rings is 1. The second kappa shape index (κ2) is 4.92. The topological polar surface area (TPSA) is 42.7 Å². The van der Waals surface area contributed by atoms with Crippen molar-refractivity contribution >= 4 is 17.0 Å². The molecule has 0 fully saturated rings. The standard InChI is InChI=1S/C15H15FN4/c1-3-17-15-19-12-8-7-11(16)10(2)14(12)20(15)13-6-4-5-9-18-13/h4-9H,3H2,1-2H3,(H,17,19). The van der Waals surface area contributed by atoms with E-state index in [1.807, 2.05) is 29.7 Å². The van der Waals surface area contributed by atoms with Crippen LogP contribution < -0.4 is 5.32 Å². The summed E-state index contributed by atoms with van der Waals surface area (Å²) in [5.41, 5.74) is 2.08. The van der Waals surface area contributed by atoms with Crippen LogP contribution in [0.15, 0.2) is 36.5 Å². The summed E-state index contributed by atoms with van der Waals surface area (Å²) in [6, 6.07) is 8.77. The van der Waals surface area contributed by atoms with E-state index < -0.39 is 0 Å². The number of hydrogen-bond acceptors (Lipinski definition) is 3. The van der Waals surface area contributed by atoms with E-state index in [2.05, 4.69) is 15.3 Å². The van der Waals surface area contributed by atoms with Crippen molar-refractivity contribution in [2.75, 3.05) is 11.9 Å². The quantitative estimate of drug-likeness (QED) is 0.794. The smallest absolute Gasteiger partial charge is 0.209 e. The van der Waals surface area contributed by atoms with Gasteiger partial charge >= 0.3 is 0 Å². The molecule has 2 heterocycles. The molecule has 0 aliphatic carbocycles. The van der Waals surface area contributed by atoms with Gasteiger partial charge in [-0.05, 0) is 38.1 Å². The van der Waals surface area contributed by atoms with E-state index in [1.165, 1.54) is 6.07 Å². The Kier molecular flexibility index (Phi) is 3.10. The highest BCUT2D eigenvalue weighted by atomic mass is 19.1. The molecule has 0 aliphatic heterocycles. The maximum atomic E-state index is 13.9. The van der Waals surface area contributed by atoms with Gasteiger partial charge in [-0.2, -0.15) is 0 Å². The van der Waals surface area contributed by atoms with Gasteiger partial charge in [0.2, 0.25) is 5.95 Å². The predicted molar refractivity (Wildman–Crippen MR) is 77.7 cm³/mol. The van der Waals surface area contributed by atoms with Crippen molar-refractivity contribution in [2.24, 2.45) is 0 Å². The van der Waals surface area contributed by atoms with Crippen LogP contribution in [0, 0.1) is 12.7 Å². The Balaban J connectivity index is 2.37. The lowest BCUT2D eigenvalue weighted by Crippen LogP contribution is -2.07. The normalized spacial score (nSPS) is 10.9. The van der Waals surface area contributed by atoms with E-state index in [-0.39, 0.29) is 5.82 Å². The largest absolute Gasteiger partial charge is 0.356 e. The van der Waals surface area contributed by atoms with Crippen molar-refractivity contribution in [2.45, 2.75) is 13.8 Å². The second-order valence-corrected chi connectivity index (χ2v) is 4.53. The van der Waals surface area contributed by atoms with Gasteiger partial charge in [0.1, 0.15) is 11.6 Å². The monoisotopic (exact) mass is 270 g/mol. The second-order valence-electron chi connectivity index (χ2n) is 4.53. The summed E-state index contributed by atoms with van der Waals surface area (Å²) in [4.78, 5) is 8.87. The summed E-state index contributed by atoms with van der Waals surface area (Å²) >= 11 is 0. The Hall–Kier alpha value is -2.43. The van der Waals surface area contributed by atoms with Crippen LogP contribution in [0.4, 0.5) is 10.3 Å². The van der Waals surface area contributed by atoms with Crippen LogP contribution in [-0.2, 0) is 0 Å². The van der Waals surface area contributed by atoms with Gasteiger partial charge in [-0.15, -0.1) is 0 Å². The van der Waals surface area contributed by atoms with Crippen molar-refractivity contribution in [3.8, 4) is 5.82 Å². The van der Waals surface area contributed by atoms with E-state index >= 15 is 0 Å². The number of aromatic nitrogens is 3. The summed E-state index contributed by atoms with van der Waals surface area (Å²) in [6.07, 6.45) is 1.71. The van der Waals surface area contributed by atoms with Crippen molar-refractivity contribution in [1.29, 1.82) is 0 Å². The first-order chi connectivity index (χ1) is 9.72. The number of nitrogens with zero attached hydrogens (tertiary/aromatic N) is 3. The number of rotatable bonds is 3. The van der Waals surface area contributed by atoms with E-state index in [0.29, 0.717) is 11.5 Å². The zero-order valence-electron chi connectivity index (χ0n) is 11.4. The maximum absolute atomic E-state index is 13.9. The van der Waals surface area contributed by atoms with Crippen LogP contribution in [0.2, 0.25) is 0 Å². The molecule has 0 bridgehead atoms. The van der Waals surface area contributed by atoms with Crippen molar-refractivity contribution in [3.05, 3.63) is 47.9 Å². The molecule has 0 unspecified atom stereocenters. The molecule has 2 aromatic heterocycles. The van der Waals surface area contributed by atoms with E-state index in [9.17, 15) is 4.39 Å². The molecular formula is C15H15FN4. The number of benzene rings is 1. The molecule has 102 valence electrons. The Morgan fingerprint density at radius 2 is 2.10 bits per heavy atom. The minimum atomic E-state index is -0.238. The van der Waals surface area contributed by atoms with Crippen LogP contribution in [-0.4, -0.2) is 21.1 Å². The lowest BCUT2D eigenvalue weighted by Gasteiger charge is -2.10. The first-order valence-electron chi connectivity index (χ1n) is 6.55. The number of aryl methyl sites for hydroxylation is 1. The average Bonchev–Trinajstić information content (AvgIpc) is 2.83. The average molecular weight is 270 g/mol. The van der Waals surface area contributed by atoms with E-state index in [4.69, 9.17) is 0 Å². The minimum Gasteiger partial charge on any atom is -0.356 e. The molecule has 4 nitrogen and oxygen atoms in total. The van der Waals surface area contributed by atoms with Crippen LogP contribution >= 0.6 is 0 Å². The Bertz CT molecular complexity index is 749. The molecule has 0 saturated heterocycles. The summed E-state index contributed by atoms with van der Waals surface area (Å²) in [5, 5.41) is 3.20. The summed E-state index contributed by atoms with van der Waals surface area (Å²) < 4.78 is 15.7. The SMILES string of the molecule is CCNc1nc2ccc(F)c(C)c2n1-c1ccccn1. The van der Waals surface area contributed by atoms with E-state index in [0.717, 1.165) is 23.4 Å². The fourth-order valence-electron chi connectivity index (χ4n) is 2.29. The Labute approximate surface area is 116 Å². The molecular weight excluding hydrogens is 255 g/mol. The highest BCUT2D eigenvalue weighted by Gasteiger charge is 2.16. The molecule has 0 saturated carbocycles. The molecule has 0 atom stereocenters. The van der Waals surface area contributed by atoms with Gasteiger partial charge in [-0.3, -0.25) is 4.57 Å². The number of imidazole rings is 1. The molecule has 3 rings (SSSR count). The van der Waals surface area contributed by atoms with Crippen LogP contribution in [0.25, 0.3) is 16.9 Å². The van der Waals surface area contributed by atoms with Gasteiger partial charge < -0.3 is 5.32 Å². The van der Waals surface area contributed by atoms with Crippen LogP contribution in [0.3, 0.4) is 0 Å². The van der Waals surface area contributed by atoms with Crippen molar-refractivity contribution in [3.63, 3.8) is 0 Å². The molecule has 0 aliphatic rings. The highest BCUT2D eigenvalue weighted by molar-refractivity contribution is 5.84. The van der Waals surface area contributed by atoms with E-state index in [1.54, 1.807) is 19.2 Å². The molecule has 0 radical (unpaired) electrons. The minimum absolute atomic E-state index is 0.238. The number of fused-ring (bicyclic) bond motifs is 1. The molecule has 0 spiro atoms. The summed E-state index contributed by atoms with van der Waals surface area (Å²) in [5.74, 6) is 1.16. The summed E-state index contributed by atoms with van der Waals surface area (Å²) in [7, 11) is 0. The molecule has 3 aromatic rings. The maximum Gasteiger partial charge on any atom is 0.209 e. The fraction of sp³-hybridized carbons (Fsp3) is 0.200. The Morgan fingerprint density at radius 1 is 1.25 bits per heavy atom. The molecule has 5 heteroatoms.